The number of rotatable bonds is 8. The molecular formula is C13H19N3O4S. The fourth-order valence-corrected chi connectivity index (χ4v) is 2.56. The van der Waals surface area contributed by atoms with E-state index in [1.807, 2.05) is 0 Å². The van der Waals surface area contributed by atoms with Gasteiger partial charge in [-0.2, -0.15) is 0 Å². The van der Waals surface area contributed by atoms with Gasteiger partial charge in [-0.1, -0.05) is 18.2 Å². The van der Waals surface area contributed by atoms with Crippen LogP contribution >= 0.6 is 0 Å². The van der Waals surface area contributed by atoms with Crippen LogP contribution in [0.3, 0.4) is 0 Å². The minimum atomic E-state index is -3.61. The third-order valence-electron chi connectivity index (χ3n) is 2.52. The minimum absolute atomic E-state index is 0.0293. The van der Waals surface area contributed by atoms with Crippen molar-refractivity contribution in [1.29, 1.82) is 0 Å². The summed E-state index contributed by atoms with van der Waals surface area (Å²) in [5, 5.41) is 4.95. The molecular weight excluding hydrogens is 294 g/mol. The summed E-state index contributed by atoms with van der Waals surface area (Å²) in [6, 6.07) is 7.89. The van der Waals surface area contributed by atoms with Gasteiger partial charge in [-0.25, -0.2) is 13.1 Å². The molecule has 0 fully saturated rings. The highest BCUT2D eigenvalue weighted by Gasteiger charge is 2.13. The van der Waals surface area contributed by atoms with Gasteiger partial charge in [0.1, 0.15) is 0 Å². The fourth-order valence-electron chi connectivity index (χ4n) is 1.51. The molecule has 0 aliphatic carbocycles. The molecule has 0 saturated heterocycles. The Kier molecular flexibility index (Phi) is 6.83. The smallest absolute Gasteiger partial charge is 0.240 e. The van der Waals surface area contributed by atoms with Crippen molar-refractivity contribution in [2.24, 2.45) is 0 Å². The number of hydrogen-bond donors (Lipinski definition) is 3. The lowest BCUT2D eigenvalue weighted by atomic mass is 10.4. The van der Waals surface area contributed by atoms with E-state index in [1.165, 1.54) is 12.1 Å². The number of carbonyl (C=O) groups is 2. The van der Waals surface area contributed by atoms with Gasteiger partial charge in [0.15, 0.2) is 0 Å². The summed E-state index contributed by atoms with van der Waals surface area (Å²) in [5.74, 6) is -0.673. The molecule has 0 aliphatic rings. The molecule has 0 aliphatic heterocycles. The van der Waals surface area contributed by atoms with Crippen LogP contribution in [-0.2, 0) is 19.6 Å². The van der Waals surface area contributed by atoms with Gasteiger partial charge in [-0.05, 0) is 19.1 Å². The summed E-state index contributed by atoms with van der Waals surface area (Å²) in [6.45, 7) is 2.13. The lowest BCUT2D eigenvalue weighted by Crippen LogP contribution is -2.38. The molecule has 1 rings (SSSR count). The SMILES string of the molecule is CCNC(=O)CNC(=O)CCNS(=O)(=O)c1ccccc1. The fraction of sp³-hybridized carbons (Fsp3) is 0.385. The Morgan fingerprint density at radius 3 is 2.33 bits per heavy atom. The first-order valence-corrected chi connectivity index (χ1v) is 8.02. The number of amides is 2. The predicted molar refractivity (Wildman–Crippen MR) is 77.9 cm³/mol. The van der Waals surface area contributed by atoms with Crippen LogP contribution in [0.15, 0.2) is 35.2 Å². The third-order valence-corrected chi connectivity index (χ3v) is 3.99. The second kappa shape index (κ2) is 8.38. The van der Waals surface area contributed by atoms with Gasteiger partial charge in [-0.3, -0.25) is 9.59 Å². The van der Waals surface area contributed by atoms with E-state index in [4.69, 9.17) is 0 Å². The molecule has 0 heterocycles. The Labute approximate surface area is 124 Å². The molecule has 7 nitrogen and oxygen atoms in total. The standard InChI is InChI=1S/C13H19N3O4S/c1-2-14-13(18)10-15-12(17)8-9-16-21(19,20)11-6-4-3-5-7-11/h3-7,16H,2,8-10H2,1H3,(H,14,18)(H,15,17). The summed E-state index contributed by atoms with van der Waals surface area (Å²) in [5.41, 5.74) is 0. The van der Waals surface area contributed by atoms with Crippen molar-refractivity contribution in [3.63, 3.8) is 0 Å². The molecule has 0 spiro atoms. The molecule has 116 valence electrons. The van der Waals surface area contributed by atoms with Crippen molar-refractivity contribution in [3.05, 3.63) is 30.3 Å². The zero-order valence-electron chi connectivity index (χ0n) is 11.8. The summed E-state index contributed by atoms with van der Waals surface area (Å²) in [6.07, 6.45) is -0.0362. The van der Waals surface area contributed by atoms with Crippen molar-refractivity contribution in [2.45, 2.75) is 18.2 Å². The summed E-state index contributed by atoms with van der Waals surface area (Å²) in [4.78, 5) is 22.7. The van der Waals surface area contributed by atoms with Gasteiger partial charge in [0.05, 0.1) is 11.4 Å². The van der Waals surface area contributed by atoms with E-state index < -0.39 is 15.9 Å². The first-order chi connectivity index (χ1) is 9.95. The highest BCUT2D eigenvalue weighted by molar-refractivity contribution is 7.89. The monoisotopic (exact) mass is 313 g/mol. The largest absolute Gasteiger partial charge is 0.355 e. The van der Waals surface area contributed by atoms with Crippen molar-refractivity contribution in [2.75, 3.05) is 19.6 Å². The maximum atomic E-state index is 11.9. The normalized spacial score (nSPS) is 10.9. The Morgan fingerprint density at radius 2 is 1.71 bits per heavy atom. The molecule has 0 saturated carbocycles. The van der Waals surface area contributed by atoms with Gasteiger partial charge in [0.2, 0.25) is 21.8 Å². The highest BCUT2D eigenvalue weighted by Crippen LogP contribution is 2.06. The molecule has 3 N–H and O–H groups in total. The molecule has 1 aromatic carbocycles. The minimum Gasteiger partial charge on any atom is -0.355 e. The van der Waals surface area contributed by atoms with Gasteiger partial charge in [-0.15, -0.1) is 0 Å². The van der Waals surface area contributed by atoms with E-state index in [-0.39, 0.29) is 30.3 Å². The van der Waals surface area contributed by atoms with Crippen molar-refractivity contribution in [3.8, 4) is 0 Å². The Hall–Kier alpha value is -1.93. The predicted octanol–water partition coefficient (Wildman–Crippen LogP) is -0.393. The Balaban J connectivity index is 2.33. The summed E-state index contributed by atoms with van der Waals surface area (Å²) >= 11 is 0. The molecule has 8 heteroatoms. The second-order valence-electron chi connectivity index (χ2n) is 4.19. The number of carbonyl (C=O) groups excluding carboxylic acids is 2. The van der Waals surface area contributed by atoms with Crippen molar-refractivity contribution in [1.82, 2.24) is 15.4 Å². The van der Waals surface area contributed by atoms with Crippen LogP contribution in [0.5, 0.6) is 0 Å². The number of likely N-dealkylation sites (N-methyl/N-ethyl adjacent to an activating group) is 1. The first-order valence-electron chi connectivity index (χ1n) is 6.54. The molecule has 0 atom stereocenters. The molecule has 1 aromatic rings. The van der Waals surface area contributed by atoms with Crippen molar-refractivity contribution < 1.29 is 18.0 Å². The van der Waals surface area contributed by atoms with Gasteiger partial charge < -0.3 is 10.6 Å². The average Bonchev–Trinajstić information content (AvgIpc) is 2.46. The van der Waals surface area contributed by atoms with Crippen LogP contribution in [0.4, 0.5) is 0 Å². The van der Waals surface area contributed by atoms with Gasteiger partial charge in [0, 0.05) is 19.5 Å². The number of hydrogen-bond acceptors (Lipinski definition) is 4. The average molecular weight is 313 g/mol. The molecule has 0 bridgehead atoms. The Morgan fingerprint density at radius 1 is 1.05 bits per heavy atom. The van der Waals surface area contributed by atoms with Crippen LogP contribution in [0.25, 0.3) is 0 Å². The van der Waals surface area contributed by atoms with E-state index in [0.717, 1.165) is 0 Å². The van der Waals surface area contributed by atoms with E-state index in [0.29, 0.717) is 6.54 Å². The molecule has 2 amide bonds. The lowest BCUT2D eigenvalue weighted by Gasteiger charge is -2.07. The van der Waals surface area contributed by atoms with Crippen LogP contribution in [0, 0.1) is 0 Å². The van der Waals surface area contributed by atoms with Gasteiger partial charge in [0.25, 0.3) is 0 Å². The van der Waals surface area contributed by atoms with Crippen molar-refractivity contribution >= 4 is 21.8 Å². The molecule has 0 unspecified atom stereocenters. The lowest BCUT2D eigenvalue weighted by molar-refractivity contribution is -0.125. The number of sulfonamides is 1. The highest BCUT2D eigenvalue weighted by atomic mass is 32.2. The molecule has 21 heavy (non-hydrogen) atoms. The zero-order chi connectivity index (χ0) is 15.7. The quantitative estimate of drug-likeness (QED) is 0.608. The van der Waals surface area contributed by atoms with Crippen LogP contribution in [0.2, 0.25) is 0 Å². The van der Waals surface area contributed by atoms with E-state index in [1.54, 1.807) is 25.1 Å². The first kappa shape index (κ1) is 17.1. The van der Waals surface area contributed by atoms with Gasteiger partial charge >= 0.3 is 0 Å². The summed E-state index contributed by atoms with van der Waals surface area (Å²) in [7, 11) is -3.61. The van der Waals surface area contributed by atoms with E-state index in [2.05, 4.69) is 15.4 Å². The zero-order valence-corrected chi connectivity index (χ0v) is 12.6. The second-order valence-corrected chi connectivity index (χ2v) is 5.96. The topological polar surface area (TPSA) is 104 Å². The van der Waals surface area contributed by atoms with Crippen LogP contribution in [0.1, 0.15) is 13.3 Å². The van der Waals surface area contributed by atoms with Crippen LogP contribution < -0.4 is 15.4 Å². The van der Waals surface area contributed by atoms with E-state index in [9.17, 15) is 18.0 Å². The third kappa shape index (κ3) is 6.37. The number of nitrogens with one attached hydrogen (secondary N) is 3. The Bertz CT molecular complexity index is 572. The maximum absolute atomic E-state index is 11.9. The van der Waals surface area contributed by atoms with E-state index >= 15 is 0 Å². The number of benzene rings is 1. The van der Waals surface area contributed by atoms with Crippen LogP contribution in [-0.4, -0.2) is 39.9 Å². The maximum Gasteiger partial charge on any atom is 0.240 e. The summed E-state index contributed by atoms with van der Waals surface area (Å²) < 4.78 is 26.0. The molecule has 0 radical (unpaired) electrons. The molecule has 0 aromatic heterocycles.